The number of amides is 1. The fourth-order valence-electron chi connectivity index (χ4n) is 1.63. The normalized spacial score (nSPS) is 17.1. The van der Waals surface area contributed by atoms with Crippen molar-refractivity contribution in [3.05, 3.63) is 0 Å². The van der Waals surface area contributed by atoms with Gasteiger partial charge in [0, 0.05) is 19.8 Å². The van der Waals surface area contributed by atoms with Gasteiger partial charge in [0.05, 0.1) is 0 Å². The van der Waals surface area contributed by atoms with Crippen molar-refractivity contribution in [1.82, 2.24) is 10.6 Å². The molecule has 1 saturated heterocycles. The predicted molar refractivity (Wildman–Crippen MR) is 73.5 cm³/mol. The Morgan fingerprint density at radius 3 is 2.56 bits per heavy atom. The predicted octanol–water partition coefficient (Wildman–Crippen LogP) is 1.81. The molecule has 0 radical (unpaired) electrons. The number of hydrogen-bond donors (Lipinski definition) is 2. The maximum atomic E-state index is 11.4. The Labute approximate surface area is 114 Å². The highest BCUT2D eigenvalue weighted by Gasteiger charge is 2.18. The highest BCUT2D eigenvalue weighted by Crippen LogP contribution is 2.13. The van der Waals surface area contributed by atoms with Gasteiger partial charge in [0.25, 0.3) is 0 Å². The van der Waals surface area contributed by atoms with Gasteiger partial charge in [-0.3, -0.25) is 5.32 Å². The maximum absolute atomic E-state index is 11.4. The van der Waals surface area contributed by atoms with Crippen LogP contribution >= 0.6 is 12.2 Å². The van der Waals surface area contributed by atoms with E-state index in [4.69, 9.17) is 21.7 Å². The van der Waals surface area contributed by atoms with Crippen molar-refractivity contribution in [3.8, 4) is 0 Å². The highest BCUT2D eigenvalue weighted by atomic mass is 32.1. The van der Waals surface area contributed by atoms with E-state index in [0.717, 1.165) is 32.6 Å². The van der Waals surface area contributed by atoms with Crippen LogP contribution in [0.5, 0.6) is 0 Å². The van der Waals surface area contributed by atoms with Gasteiger partial charge in [0.15, 0.2) is 5.11 Å². The van der Waals surface area contributed by atoms with Crippen molar-refractivity contribution in [2.45, 2.75) is 39.2 Å². The second-order valence-corrected chi connectivity index (χ2v) is 5.80. The van der Waals surface area contributed by atoms with Gasteiger partial charge in [0.1, 0.15) is 5.60 Å². The fourth-order valence-corrected chi connectivity index (χ4v) is 1.79. The van der Waals surface area contributed by atoms with Crippen molar-refractivity contribution in [2.75, 3.05) is 19.8 Å². The third-order valence-electron chi connectivity index (χ3n) is 2.51. The van der Waals surface area contributed by atoms with Crippen LogP contribution in [0, 0.1) is 5.92 Å². The standard InChI is InChI=1S/C12H22N2O3S/c1-12(2,3)17-11(15)14-10(18)13-8-9-4-6-16-7-5-9/h9H,4-8H2,1-3H3,(H2,13,14,15,18). The van der Waals surface area contributed by atoms with Gasteiger partial charge in [-0.2, -0.15) is 0 Å². The maximum Gasteiger partial charge on any atom is 0.413 e. The number of hydrogen-bond acceptors (Lipinski definition) is 4. The van der Waals surface area contributed by atoms with E-state index in [-0.39, 0.29) is 0 Å². The van der Waals surface area contributed by atoms with E-state index >= 15 is 0 Å². The van der Waals surface area contributed by atoms with E-state index < -0.39 is 11.7 Å². The number of carbonyl (C=O) groups is 1. The Kier molecular flexibility index (Phi) is 5.81. The van der Waals surface area contributed by atoms with Gasteiger partial charge in [-0.25, -0.2) is 4.79 Å². The van der Waals surface area contributed by atoms with Crippen LogP contribution in [-0.2, 0) is 9.47 Å². The molecule has 0 aromatic carbocycles. The van der Waals surface area contributed by atoms with Crippen LogP contribution in [0.25, 0.3) is 0 Å². The van der Waals surface area contributed by atoms with Crippen molar-refractivity contribution < 1.29 is 14.3 Å². The van der Waals surface area contributed by atoms with E-state index in [1.165, 1.54) is 0 Å². The first-order chi connectivity index (χ1) is 8.37. The third-order valence-corrected chi connectivity index (χ3v) is 2.75. The summed E-state index contributed by atoms with van der Waals surface area (Å²) < 4.78 is 10.4. The topological polar surface area (TPSA) is 59.6 Å². The third kappa shape index (κ3) is 6.76. The molecule has 2 N–H and O–H groups in total. The summed E-state index contributed by atoms with van der Waals surface area (Å²) in [5.41, 5.74) is -0.513. The molecule has 0 aromatic heterocycles. The molecule has 0 aromatic rings. The molecule has 0 saturated carbocycles. The molecule has 0 spiro atoms. The molecule has 104 valence electrons. The molecule has 1 aliphatic heterocycles. The Bertz CT molecular complexity index is 296. The zero-order chi connectivity index (χ0) is 13.6. The second-order valence-electron chi connectivity index (χ2n) is 5.39. The molecule has 1 aliphatic rings. The Morgan fingerprint density at radius 2 is 2.00 bits per heavy atom. The van der Waals surface area contributed by atoms with Crippen molar-refractivity contribution in [3.63, 3.8) is 0 Å². The van der Waals surface area contributed by atoms with Crippen LogP contribution in [0.1, 0.15) is 33.6 Å². The van der Waals surface area contributed by atoms with E-state index in [1.807, 2.05) is 20.8 Å². The molecular formula is C12H22N2O3S. The zero-order valence-corrected chi connectivity index (χ0v) is 12.1. The van der Waals surface area contributed by atoms with Crippen molar-refractivity contribution >= 4 is 23.4 Å². The van der Waals surface area contributed by atoms with E-state index in [1.54, 1.807) is 0 Å². The molecule has 0 unspecified atom stereocenters. The number of thiocarbonyl (C=S) groups is 1. The molecule has 1 amide bonds. The van der Waals surface area contributed by atoms with E-state index in [2.05, 4.69) is 10.6 Å². The number of nitrogens with one attached hydrogen (secondary N) is 2. The Balaban J connectivity index is 2.18. The van der Waals surface area contributed by atoms with Crippen LogP contribution in [0.4, 0.5) is 4.79 Å². The molecule has 18 heavy (non-hydrogen) atoms. The average Bonchev–Trinajstić information content (AvgIpc) is 2.25. The van der Waals surface area contributed by atoms with E-state index in [0.29, 0.717) is 11.0 Å². The largest absolute Gasteiger partial charge is 0.444 e. The minimum atomic E-state index is -0.521. The van der Waals surface area contributed by atoms with Gasteiger partial charge in [-0.15, -0.1) is 0 Å². The number of ether oxygens (including phenoxy) is 2. The quantitative estimate of drug-likeness (QED) is 0.752. The van der Waals surface area contributed by atoms with Gasteiger partial charge in [0.2, 0.25) is 0 Å². The van der Waals surface area contributed by atoms with E-state index in [9.17, 15) is 4.79 Å². The molecule has 1 fully saturated rings. The first kappa shape index (κ1) is 15.2. The lowest BCUT2D eigenvalue weighted by Gasteiger charge is -2.23. The van der Waals surface area contributed by atoms with Gasteiger partial charge in [-0.1, -0.05) is 0 Å². The molecule has 1 rings (SSSR count). The minimum absolute atomic E-state index is 0.316. The van der Waals surface area contributed by atoms with Crippen molar-refractivity contribution in [2.24, 2.45) is 5.92 Å². The summed E-state index contributed by atoms with van der Waals surface area (Å²) in [6.07, 6.45) is 1.54. The van der Waals surface area contributed by atoms with Gasteiger partial charge in [-0.05, 0) is 51.7 Å². The zero-order valence-electron chi connectivity index (χ0n) is 11.2. The van der Waals surface area contributed by atoms with Crippen LogP contribution < -0.4 is 10.6 Å². The second kappa shape index (κ2) is 6.89. The lowest BCUT2D eigenvalue weighted by atomic mass is 10.0. The number of rotatable bonds is 2. The molecule has 6 heteroatoms. The first-order valence-corrected chi connectivity index (χ1v) is 6.63. The number of carbonyl (C=O) groups excluding carboxylic acids is 1. The van der Waals surface area contributed by atoms with Crippen LogP contribution in [0.3, 0.4) is 0 Å². The highest BCUT2D eigenvalue weighted by molar-refractivity contribution is 7.80. The van der Waals surface area contributed by atoms with Gasteiger partial charge < -0.3 is 14.8 Å². The summed E-state index contributed by atoms with van der Waals surface area (Å²) in [7, 11) is 0. The lowest BCUT2D eigenvalue weighted by Crippen LogP contribution is -2.44. The lowest BCUT2D eigenvalue weighted by molar-refractivity contribution is 0.0559. The van der Waals surface area contributed by atoms with Crippen molar-refractivity contribution in [1.29, 1.82) is 0 Å². The summed E-state index contributed by atoms with van der Waals surface area (Å²) in [5, 5.41) is 5.85. The summed E-state index contributed by atoms with van der Waals surface area (Å²) in [6.45, 7) is 7.80. The Hall–Kier alpha value is -0.880. The van der Waals surface area contributed by atoms with Crippen LogP contribution in [0.15, 0.2) is 0 Å². The number of alkyl carbamates (subject to hydrolysis) is 1. The summed E-state index contributed by atoms with van der Waals surface area (Å²) in [5.74, 6) is 0.553. The van der Waals surface area contributed by atoms with Gasteiger partial charge >= 0.3 is 6.09 Å². The monoisotopic (exact) mass is 274 g/mol. The van der Waals surface area contributed by atoms with Crippen LogP contribution in [0.2, 0.25) is 0 Å². The molecule has 0 bridgehead atoms. The molecular weight excluding hydrogens is 252 g/mol. The summed E-state index contributed by atoms with van der Waals surface area (Å²) in [6, 6.07) is 0. The SMILES string of the molecule is CC(C)(C)OC(=O)NC(=S)NCC1CCOCC1. The fraction of sp³-hybridized carbons (Fsp3) is 0.833. The molecule has 1 heterocycles. The van der Waals surface area contributed by atoms with Crippen LogP contribution in [-0.4, -0.2) is 36.6 Å². The smallest absolute Gasteiger partial charge is 0.413 e. The summed E-state index contributed by atoms with van der Waals surface area (Å²) in [4.78, 5) is 11.4. The Morgan fingerprint density at radius 1 is 1.39 bits per heavy atom. The molecule has 0 aliphatic carbocycles. The minimum Gasteiger partial charge on any atom is -0.444 e. The summed E-state index contributed by atoms with van der Waals surface area (Å²) >= 11 is 5.03. The molecule has 5 nitrogen and oxygen atoms in total. The average molecular weight is 274 g/mol. The first-order valence-electron chi connectivity index (χ1n) is 6.22. The molecule has 0 atom stereocenters.